The van der Waals surface area contributed by atoms with Crippen LogP contribution in [0.1, 0.15) is 16.8 Å². The monoisotopic (exact) mass is 484 g/mol. The summed E-state index contributed by atoms with van der Waals surface area (Å²) in [6.45, 7) is 0. The largest absolute Gasteiger partial charge is 0.481 e. The number of hydrogen-bond donors (Lipinski definition) is 1. The van der Waals surface area contributed by atoms with Crippen LogP contribution in [0.4, 0.5) is 0 Å². The molecule has 0 bridgehead atoms. The van der Waals surface area contributed by atoms with E-state index in [4.69, 9.17) is 5.11 Å². The smallest absolute Gasteiger partial charge is 0.307 e. The predicted octanol–water partition coefficient (Wildman–Crippen LogP) is 3.95. The maximum absolute atomic E-state index is 13.0. The van der Waals surface area contributed by atoms with Gasteiger partial charge < -0.3 is 5.11 Å². The van der Waals surface area contributed by atoms with Crippen LogP contribution in [-0.2, 0) is 27.7 Å². The summed E-state index contributed by atoms with van der Waals surface area (Å²) in [5.41, 5.74) is 4.17. The number of carbonyl (C=O) groups is 1. The van der Waals surface area contributed by atoms with Crippen molar-refractivity contribution in [1.29, 1.82) is 0 Å². The zero-order chi connectivity index (χ0) is 24.4. The summed E-state index contributed by atoms with van der Waals surface area (Å²) < 4.78 is 27.2. The van der Waals surface area contributed by atoms with Crippen LogP contribution >= 0.6 is 0 Å². The molecule has 35 heavy (non-hydrogen) atoms. The van der Waals surface area contributed by atoms with Crippen molar-refractivity contribution in [3.8, 4) is 11.3 Å². The van der Waals surface area contributed by atoms with Crippen molar-refractivity contribution < 1.29 is 18.3 Å². The van der Waals surface area contributed by atoms with E-state index in [0.29, 0.717) is 23.1 Å². The molecule has 0 atom stereocenters. The molecule has 0 aliphatic rings. The van der Waals surface area contributed by atoms with Gasteiger partial charge in [0.2, 0.25) is 0 Å². The maximum Gasteiger partial charge on any atom is 0.307 e. The Balaban J connectivity index is 1.44. The number of pyridine rings is 1. The topological polar surface area (TPSA) is 115 Å². The van der Waals surface area contributed by atoms with Gasteiger partial charge in [-0.2, -0.15) is 0 Å². The first-order chi connectivity index (χ1) is 16.9. The van der Waals surface area contributed by atoms with Crippen LogP contribution in [0.5, 0.6) is 0 Å². The summed E-state index contributed by atoms with van der Waals surface area (Å²) in [5.74, 6) is -0.875. The first kappa shape index (κ1) is 22.4. The average molecular weight is 485 g/mol. The molecule has 0 unspecified atom stereocenters. The molecule has 9 heteroatoms. The van der Waals surface area contributed by atoms with Crippen LogP contribution in [-0.4, -0.2) is 38.4 Å². The van der Waals surface area contributed by atoms with Crippen molar-refractivity contribution in [3.05, 3.63) is 108 Å². The van der Waals surface area contributed by atoms with Crippen LogP contribution < -0.4 is 0 Å². The Morgan fingerprint density at radius 2 is 1.69 bits per heavy atom. The van der Waals surface area contributed by atoms with E-state index in [0.717, 1.165) is 22.4 Å². The molecule has 3 aromatic heterocycles. The summed E-state index contributed by atoms with van der Waals surface area (Å²) in [6, 6.07) is 21.0. The van der Waals surface area contributed by atoms with Gasteiger partial charge in [-0.05, 0) is 41.5 Å². The molecule has 0 amide bonds. The Kier molecular flexibility index (Phi) is 5.84. The van der Waals surface area contributed by atoms with Crippen molar-refractivity contribution in [3.63, 3.8) is 0 Å². The van der Waals surface area contributed by atoms with Crippen molar-refractivity contribution in [1.82, 2.24) is 18.9 Å². The highest BCUT2D eigenvalue weighted by Gasteiger charge is 2.19. The second kappa shape index (κ2) is 9.11. The molecule has 1 N–H and O–H groups in total. The highest BCUT2D eigenvalue weighted by molar-refractivity contribution is 7.90. The fraction of sp³-hybridized carbons (Fsp3) is 0.0769. The van der Waals surface area contributed by atoms with Gasteiger partial charge >= 0.3 is 5.97 Å². The van der Waals surface area contributed by atoms with E-state index in [2.05, 4.69) is 15.0 Å². The third kappa shape index (κ3) is 4.67. The number of carboxylic acid groups (broad SMARTS) is 1. The molecule has 0 radical (unpaired) electrons. The second-order valence-electron chi connectivity index (χ2n) is 8.03. The Bertz CT molecular complexity index is 1650. The molecule has 3 heterocycles. The maximum atomic E-state index is 13.0. The Morgan fingerprint density at radius 1 is 0.886 bits per heavy atom. The number of carboxylic acids is 1. The van der Waals surface area contributed by atoms with Gasteiger partial charge in [0.15, 0.2) is 5.65 Å². The summed E-state index contributed by atoms with van der Waals surface area (Å²) in [4.78, 5) is 24.3. The van der Waals surface area contributed by atoms with Gasteiger partial charge in [-0.1, -0.05) is 42.5 Å². The fourth-order valence-electron chi connectivity index (χ4n) is 3.93. The van der Waals surface area contributed by atoms with Gasteiger partial charge in [0.1, 0.15) is 6.33 Å². The van der Waals surface area contributed by atoms with Gasteiger partial charge in [-0.3, -0.25) is 4.79 Å². The number of nitrogens with zero attached hydrogens (tertiary/aromatic N) is 4. The molecule has 5 rings (SSSR count). The summed E-state index contributed by atoms with van der Waals surface area (Å²) >= 11 is 0. The number of benzene rings is 2. The summed E-state index contributed by atoms with van der Waals surface area (Å²) in [5, 5.41) is 9.70. The molecule has 2 aromatic carbocycles. The zero-order valence-electron chi connectivity index (χ0n) is 18.4. The van der Waals surface area contributed by atoms with E-state index in [1.54, 1.807) is 48.7 Å². The minimum Gasteiger partial charge on any atom is -0.481 e. The first-order valence-electron chi connectivity index (χ1n) is 10.8. The van der Waals surface area contributed by atoms with Gasteiger partial charge in [0, 0.05) is 35.5 Å². The molecule has 0 spiro atoms. The Hall–Kier alpha value is -4.37. The highest BCUT2D eigenvalue weighted by Crippen LogP contribution is 2.25. The number of aromatic nitrogens is 4. The van der Waals surface area contributed by atoms with E-state index in [1.807, 2.05) is 30.3 Å². The Morgan fingerprint density at radius 3 is 2.49 bits per heavy atom. The van der Waals surface area contributed by atoms with Crippen LogP contribution in [0.2, 0.25) is 0 Å². The number of rotatable bonds is 7. The van der Waals surface area contributed by atoms with Gasteiger partial charge in [0.25, 0.3) is 10.0 Å². The van der Waals surface area contributed by atoms with Crippen molar-refractivity contribution in [2.24, 2.45) is 0 Å². The first-order valence-corrected chi connectivity index (χ1v) is 12.2. The minimum atomic E-state index is -3.76. The van der Waals surface area contributed by atoms with E-state index in [-0.39, 0.29) is 11.3 Å². The summed E-state index contributed by atoms with van der Waals surface area (Å²) in [7, 11) is -3.76. The highest BCUT2D eigenvalue weighted by atomic mass is 32.2. The molecule has 0 aliphatic heterocycles. The number of fused-ring (bicyclic) bond motifs is 1. The average Bonchev–Trinajstić information content (AvgIpc) is 3.29. The molecule has 5 aromatic rings. The minimum absolute atomic E-state index is 0.0335. The number of aliphatic carboxylic acids is 1. The van der Waals surface area contributed by atoms with Crippen molar-refractivity contribution >= 4 is 27.0 Å². The third-order valence-electron chi connectivity index (χ3n) is 5.54. The van der Waals surface area contributed by atoms with E-state index in [1.165, 1.54) is 16.5 Å². The van der Waals surface area contributed by atoms with Crippen molar-refractivity contribution in [2.75, 3.05) is 0 Å². The predicted molar refractivity (Wildman–Crippen MR) is 130 cm³/mol. The van der Waals surface area contributed by atoms with Crippen molar-refractivity contribution in [2.45, 2.75) is 17.7 Å². The lowest BCUT2D eigenvalue weighted by atomic mass is 10.0. The van der Waals surface area contributed by atoms with E-state index in [9.17, 15) is 13.2 Å². The molecular formula is C26H20N4O4S. The molecule has 0 aliphatic carbocycles. The molecule has 0 fully saturated rings. The quantitative estimate of drug-likeness (QED) is 0.372. The standard InChI is InChI=1S/C26H20N4O4S/c31-25(32)13-19-6-4-5-18(11-19)12-22-15-24(29-17-28-22)21-14-20-9-10-30(26(20)27-16-21)35(33,34)23-7-2-1-3-8-23/h1-11,14-17H,12-13H2,(H,31,32). The second-order valence-corrected chi connectivity index (χ2v) is 9.84. The van der Waals surface area contributed by atoms with E-state index >= 15 is 0 Å². The number of hydrogen-bond acceptors (Lipinski definition) is 6. The Labute approximate surface area is 201 Å². The third-order valence-corrected chi connectivity index (χ3v) is 7.23. The molecule has 0 saturated carbocycles. The molecule has 174 valence electrons. The van der Waals surface area contributed by atoms with Gasteiger partial charge in [0.05, 0.1) is 17.0 Å². The zero-order valence-corrected chi connectivity index (χ0v) is 19.3. The molecular weight excluding hydrogens is 464 g/mol. The lowest BCUT2D eigenvalue weighted by molar-refractivity contribution is -0.136. The molecule has 8 nitrogen and oxygen atoms in total. The van der Waals surface area contributed by atoms with Crippen LogP contribution in [0.15, 0.2) is 96.4 Å². The molecule has 0 saturated heterocycles. The summed E-state index contributed by atoms with van der Waals surface area (Å²) in [6.07, 6.45) is 5.05. The SMILES string of the molecule is O=C(O)Cc1cccc(Cc2cc(-c3cnc4c(ccn4S(=O)(=O)c4ccccc4)c3)ncn2)c1. The van der Waals surface area contributed by atoms with E-state index < -0.39 is 16.0 Å². The van der Waals surface area contributed by atoms with Crippen LogP contribution in [0.25, 0.3) is 22.3 Å². The van der Waals surface area contributed by atoms with Crippen LogP contribution in [0, 0.1) is 0 Å². The lowest BCUT2D eigenvalue weighted by Crippen LogP contribution is -2.12. The fourth-order valence-corrected chi connectivity index (χ4v) is 5.25. The van der Waals surface area contributed by atoms with Crippen LogP contribution in [0.3, 0.4) is 0 Å². The lowest BCUT2D eigenvalue weighted by Gasteiger charge is -2.08. The van der Waals surface area contributed by atoms with Gasteiger partial charge in [-0.15, -0.1) is 0 Å². The normalized spacial score (nSPS) is 11.5. The van der Waals surface area contributed by atoms with Gasteiger partial charge in [-0.25, -0.2) is 27.3 Å².